The zero-order valence-electron chi connectivity index (χ0n) is 16.0. The smallest absolute Gasteiger partial charge is 0.338 e. The number of nitrogens with one attached hydrogen (secondary N) is 2. The summed E-state index contributed by atoms with van der Waals surface area (Å²) in [5, 5.41) is 4.34. The molecule has 1 aromatic heterocycles. The minimum Gasteiger partial charge on any atom is -0.462 e. The van der Waals surface area contributed by atoms with Crippen LogP contribution >= 0.6 is 11.3 Å². The molecule has 28 heavy (non-hydrogen) atoms. The molecule has 2 aromatic rings. The van der Waals surface area contributed by atoms with Crippen LogP contribution < -0.4 is 10.0 Å². The van der Waals surface area contributed by atoms with Gasteiger partial charge in [0, 0.05) is 5.69 Å². The van der Waals surface area contributed by atoms with Gasteiger partial charge in [0.15, 0.2) is 0 Å². The van der Waals surface area contributed by atoms with Crippen molar-refractivity contribution in [3.8, 4) is 0 Å². The second-order valence-corrected chi connectivity index (χ2v) is 9.37. The highest BCUT2D eigenvalue weighted by molar-refractivity contribution is 7.91. The molecular weight excluding hydrogens is 400 g/mol. The fourth-order valence-corrected chi connectivity index (χ4v) is 4.68. The van der Waals surface area contributed by atoms with Crippen LogP contribution in [0.25, 0.3) is 0 Å². The SMILES string of the molecule is CCCOC(=O)c1ccc(NC(=O)C(NS(=O)(=O)c2cccs2)C(C)C)cc1. The van der Waals surface area contributed by atoms with Gasteiger partial charge < -0.3 is 10.1 Å². The first-order valence-electron chi connectivity index (χ1n) is 8.88. The molecule has 1 unspecified atom stereocenters. The van der Waals surface area contributed by atoms with Gasteiger partial charge in [0.05, 0.1) is 12.2 Å². The molecule has 0 aliphatic carbocycles. The number of carbonyl (C=O) groups excluding carboxylic acids is 2. The summed E-state index contributed by atoms with van der Waals surface area (Å²) >= 11 is 1.08. The zero-order chi connectivity index (χ0) is 20.7. The molecule has 2 N–H and O–H groups in total. The molecule has 0 aliphatic rings. The van der Waals surface area contributed by atoms with Crippen LogP contribution in [0.4, 0.5) is 5.69 Å². The number of anilines is 1. The Morgan fingerprint density at radius 2 is 1.82 bits per heavy atom. The van der Waals surface area contributed by atoms with Crippen molar-refractivity contribution >= 4 is 38.9 Å². The molecule has 7 nitrogen and oxygen atoms in total. The second kappa shape index (κ2) is 9.81. The van der Waals surface area contributed by atoms with Gasteiger partial charge in [0.25, 0.3) is 10.0 Å². The molecule has 0 radical (unpaired) electrons. The maximum absolute atomic E-state index is 12.6. The number of esters is 1. The van der Waals surface area contributed by atoms with E-state index in [-0.39, 0.29) is 10.1 Å². The first-order chi connectivity index (χ1) is 13.2. The van der Waals surface area contributed by atoms with Crippen molar-refractivity contribution in [3.63, 3.8) is 0 Å². The van der Waals surface area contributed by atoms with Crippen molar-refractivity contribution in [2.24, 2.45) is 5.92 Å². The van der Waals surface area contributed by atoms with Gasteiger partial charge in [0.2, 0.25) is 5.91 Å². The Bertz CT molecular complexity index is 891. The van der Waals surface area contributed by atoms with Crippen molar-refractivity contribution in [2.45, 2.75) is 37.4 Å². The molecule has 0 spiro atoms. The highest BCUT2D eigenvalue weighted by atomic mass is 32.2. The second-order valence-electron chi connectivity index (χ2n) is 6.48. The average molecular weight is 425 g/mol. The summed E-state index contributed by atoms with van der Waals surface area (Å²) in [4.78, 5) is 24.5. The summed E-state index contributed by atoms with van der Waals surface area (Å²) in [5.74, 6) is -1.17. The van der Waals surface area contributed by atoms with Gasteiger partial charge >= 0.3 is 5.97 Å². The quantitative estimate of drug-likeness (QED) is 0.602. The number of carbonyl (C=O) groups is 2. The van der Waals surface area contributed by atoms with Crippen LogP contribution in [0.15, 0.2) is 46.0 Å². The summed E-state index contributed by atoms with van der Waals surface area (Å²) in [5.41, 5.74) is 0.836. The van der Waals surface area contributed by atoms with Crippen LogP contribution in [0.5, 0.6) is 0 Å². The van der Waals surface area contributed by atoms with Crippen LogP contribution in [-0.4, -0.2) is 32.9 Å². The predicted molar refractivity (Wildman–Crippen MR) is 109 cm³/mol. The Morgan fingerprint density at radius 3 is 2.36 bits per heavy atom. The largest absolute Gasteiger partial charge is 0.462 e. The van der Waals surface area contributed by atoms with Gasteiger partial charge in [-0.15, -0.1) is 11.3 Å². The molecule has 1 amide bonds. The summed E-state index contributed by atoms with van der Waals surface area (Å²) in [6, 6.07) is 8.43. The number of amides is 1. The Kier molecular flexibility index (Phi) is 7.73. The molecule has 1 heterocycles. The lowest BCUT2D eigenvalue weighted by Gasteiger charge is -2.21. The van der Waals surface area contributed by atoms with E-state index in [0.29, 0.717) is 17.9 Å². The molecule has 2 rings (SSSR count). The van der Waals surface area contributed by atoms with Crippen molar-refractivity contribution in [1.29, 1.82) is 0 Å². The third-order valence-corrected chi connectivity index (χ3v) is 6.66. The minimum atomic E-state index is -3.78. The number of thiophene rings is 1. The molecule has 0 saturated carbocycles. The van der Waals surface area contributed by atoms with E-state index in [9.17, 15) is 18.0 Å². The molecule has 0 bridgehead atoms. The third-order valence-electron chi connectivity index (χ3n) is 3.82. The molecule has 0 fully saturated rings. The van der Waals surface area contributed by atoms with Crippen LogP contribution in [0.1, 0.15) is 37.6 Å². The molecule has 0 saturated heterocycles. The predicted octanol–water partition coefficient (Wildman–Crippen LogP) is 3.26. The van der Waals surface area contributed by atoms with E-state index >= 15 is 0 Å². The number of rotatable bonds is 9. The van der Waals surface area contributed by atoms with E-state index < -0.39 is 27.9 Å². The first-order valence-corrected chi connectivity index (χ1v) is 11.2. The van der Waals surface area contributed by atoms with Crippen LogP contribution in [-0.2, 0) is 19.6 Å². The van der Waals surface area contributed by atoms with Gasteiger partial charge in [-0.05, 0) is 48.1 Å². The minimum absolute atomic E-state index is 0.154. The van der Waals surface area contributed by atoms with Crippen molar-refractivity contribution in [1.82, 2.24) is 4.72 Å². The zero-order valence-corrected chi connectivity index (χ0v) is 17.6. The first kappa shape index (κ1) is 22.1. The van der Waals surface area contributed by atoms with E-state index in [1.807, 2.05) is 6.92 Å². The fourth-order valence-electron chi connectivity index (χ4n) is 2.32. The maximum atomic E-state index is 12.6. The average Bonchev–Trinajstić information content (AvgIpc) is 3.20. The molecule has 0 aliphatic heterocycles. The van der Waals surface area contributed by atoms with E-state index in [0.717, 1.165) is 17.8 Å². The molecular formula is C19H24N2O5S2. The summed E-state index contributed by atoms with van der Waals surface area (Å²) in [6.45, 7) is 5.77. The lowest BCUT2D eigenvalue weighted by Crippen LogP contribution is -2.46. The number of sulfonamides is 1. The Morgan fingerprint density at radius 1 is 1.14 bits per heavy atom. The summed E-state index contributed by atoms with van der Waals surface area (Å²) < 4.78 is 32.6. The van der Waals surface area contributed by atoms with Crippen molar-refractivity contribution in [3.05, 3.63) is 47.3 Å². The topological polar surface area (TPSA) is 102 Å². The Labute approximate surface area is 169 Å². The third kappa shape index (κ3) is 5.88. The highest BCUT2D eigenvalue weighted by Gasteiger charge is 2.29. The van der Waals surface area contributed by atoms with Crippen LogP contribution in [0, 0.1) is 5.92 Å². The molecule has 1 aromatic carbocycles. The number of benzene rings is 1. The van der Waals surface area contributed by atoms with Gasteiger partial charge in [-0.3, -0.25) is 4.79 Å². The highest BCUT2D eigenvalue weighted by Crippen LogP contribution is 2.18. The van der Waals surface area contributed by atoms with E-state index in [1.165, 1.54) is 6.07 Å². The molecule has 1 atom stereocenters. The number of hydrogen-bond donors (Lipinski definition) is 2. The lowest BCUT2D eigenvalue weighted by atomic mass is 10.0. The summed E-state index contributed by atoms with van der Waals surface area (Å²) in [6.07, 6.45) is 0.734. The maximum Gasteiger partial charge on any atom is 0.338 e. The van der Waals surface area contributed by atoms with Crippen LogP contribution in [0.2, 0.25) is 0 Å². The monoisotopic (exact) mass is 424 g/mol. The van der Waals surface area contributed by atoms with Gasteiger partial charge in [-0.1, -0.05) is 26.8 Å². The van der Waals surface area contributed by atoms with Crippen molar-refractivity contribution < 1.29 is 22.7 Å². The standard InChI is InChI=1S/C19H24N2O5S2/c1-4-11-26-19(23)14-7-9-15(10-8-14)20-18(22)17(13(2)3)21-28(24,25)16-6-5-12-27-16/h5-10,12-13,17,21H,4,11H2,1-3H3,(H,20,22). The lowest BCUT2D eigenvalue weighted by molar-refractivity contribution is -0.118. The van der Waals surface area contributed by atoms with E-state index in [1.54, 1.807) is 49.6 Å². The molecule has 9 heteroatoms. The molecule has 152 valence electrons. The number of hydrogen-bond acceptors (Lipinski definition) is 6. The summed E-state index contributed by atoms with van der Waals surface area (Å²) in [7, 11) is -3.78. The van der Waals surface area contributed by atoms with Gasteiger partial charge in [-0.2, -0.15) is 4.72 Å². The van der Waals surface area contributed by atoms with Gasteiger partial charge in [-0.25, -0.2) is 13.2 Å². The Hall–Kier alpha value is -2.23. The fraction of sp³-hybridized carbons (Fsp3) is 0.368. The van der Waals surface area contributed by atoms with E-state index in [2.05, 4.69) is 10.0 Å². The normalized spacial score (nSPS) is 12.6. The van der Waals surface area contributed by atoms with Gasteiger partial charge in [0.1, 0.15) is 10.3 Å². The van der Waals surface area contributed by atoms with E-state index in [4.69, 9.17) is 4.74 Å². The van der Waals surface area contributed by atoms with Crippen LogP contribution in [0.3, 0.4) is 0 Å². The number of ether oxygens (including phenoxy) is 1. The Balaban J connectivity index is 2.07. The van der Waals surface area contributed by atoms with Crippen molar-refractivity contribution in [2.75, 3.05) is 11.9 Å².